The third kappa shape index (κ3) is 4.13. The van der Waals surface area contributed by atoms with Crippen LogP contribution in [0.25, 0.3) is 0 Å². The molecule has 2 aromatic rings. The van der Waals surface area contributed by atoms with E-state index < -0.39 is 17.6 Å². The molecule has 5 amide bonds. The van der Waals surface area contributed by atoms with E-state index >= 15 is 0 Å². The first-order valence-corrected chi connectivity index (χ1v) is 12.8. The molecule has 0 bridgehead atoms. The van der Waals surface area contributed by atoms with Gasteiger partial charge in [0.2, 0.25) is 11.5 Å². The van der Waals surface area contributed by atoms with Gasteiger partial charge in [-0.25, -0.2) is 14.5 Å². The lowest BCUT2D eigenvalue weighted by atomic mass is 9.94. The van der Waals surface area contributed by atoms with Crippen LogP contribution in [0.1, 0.15) is 54.5 Å². The second-order valence-electron chi connectivity index (χ2n) is 10.1. The number of fused-ring (bicyclic) bond motifs is 2. The van der Waals surface area contributed by atoms with E-state index in [-0.39, 0.29) is 37.0 Å². The molecular weight excluding hydrogens is 488 g/mol. The number of nitrogens with zero attached hydrogens (tertiary/aromatic N) is 2. The molecule has 2 N–H and O–H groups in total. The first-order valence-electron chi connectivity index (χ1n) is 12.8. The van der Waals surface area contributed by atoms with Crippen LogP contribution in [-0.2, 0) is 26.3 Å². The Kier molecular flexibility index (Phi) is 6.50. The number of carbonyl (C=O) groups is 4. The van der Waals surface area contributed by atoms with Gasteiger partial charge >= 0.3 is 12.1 Å². The summed E-state index contributed by atoms with van der Waals surface area (Å²) in [6.07, 6.45) is 1.59. The van der Waals surface area contributed by atoms with Crippen molar-refractivity contribution in [3.05, 3.63) is 58.7 Å². The molecule has 3 aliphatic rings. The minimum absolute atomic E-state index is 0.0323. The van der Waals surface area contributed by atoms with Crippen LogP contribution in [0.2, 0.25) is 0 Å². The van der Waals surface area contributed by atoms with E-state index in [4.69, 9.17) is 9.47 Å². The van der Waals surface area contributed by atoms with Crippen LogP contribution < -0.4 is 15.4 Å². The Morgan fingerprint density at radius 3 is 2.66 bits per heavy atom. The van der Waals surface area contributed by atoms with Gasteiger partial charge in [0.05, 0.1) is 13.2 Å². The lowest BCUT2D eigenvalue weighted by molar-refractivity contribution is -0.143. The number of hydrogen-bond donors (Lipinski definition) is 2. The van der Waals surface area contributed by atoms with Gasteiger partial charge in [0.1, 0.15) is 12.3 Å². The Bertz CT molecular complexity index is 1330. The maximum Gasteiger partial charge on any atom is 0.418 e. The van der Waals surface area contributed by atoms with Crippen molar-refractivity contribution in [1.82, 2.24) is 15.1 Å². The number of carbonyl (C=O) groups excluding carboxylic acids is 4. The predicted octanol–water partition coefficient (Wildman–Crippen LogP) is 3.63. The van der Waals surface area contributed by atoms with E-state index in [1.165, 1.54) is 7.05 Å². The number of rotatable bonds is 5. The summed E-state index contributed by atoms with van der Waals surface area (Å²) in [6, 6.07) is 10.4. The van der Waals surface area contributed by atoms with Crippen molar-refractivity contribution < 1.29 is 28.7 Å². The molecule has 2 aliphatic heterocycles. The summed E-state index contributed by atoms with van der Waals surface area (Å²) in [6.45, 7) is 3.60. The van der Waals surface area contributed by atoms with Crippen LogP contribution in [0.15, 0.2) is 36.4 Å². The average molecular weight is 521 g/mol. The number of aryl methyl sites for hydroxylation is 2. The van der Waals surface area contributed by atoms with E-state index in [0.717, 1.165) is 40.2 Å². The van der Waals surface area contributed by atoms with Crippen LogP contribution in [0.4, 0.5) is 15.3 Å². The molecule has 10 nitrogen and oxygen atoms in total. The van der Waals surface area contributed by atoms with Crippen molar-refractivity contribution in [2.45, 2.75) is 57.2 Å². The number of imide groups is 1. The molecule has 1 spiro atoms. The molecule has 5 rings (SSSR count). The number of urea groups is 1. The second-order valence-corrected chi connectivity index (χ2v) is 10.1. The van der Waals surface area contributed by atoms with E-state index in [1.807, 2.05) is 32.0 Å². The Balaban J connectivity index is 1.36. The van der Waals surface area contributed by atoms with Crippen LogP contribution in [0.5, 0.6) is 5.75 Å². The molecule has 2 fully saturated rings. The largest absolute Gasteiger partial charge is 0.497 e. The SMILES string of the molecule is CNC(=O)Nc1ccc2c(c1)CCC21OC(=O)N(CC(=O)N2[C@H](C)CC[C@@H]2c2ccc(OC)cc2C)C1=O. The van der Waals surface area contributed by atoms with Crippen molar-refractivity contribution in [3.8, 4) is 5.75 Å². The summed E-state index contributed by atoms with van der Waals surface area (Å²) in [5, 5.41) is 5.20. The van der Waals surface area contributed by atoms with Gasteiger partial charge in [-0.15, -0.1) is 0 Å². The number of amides is 5. The first kappa shape index (κ1) is 25.6. The highest BCUT2D eigenvalue weighted by Crippen LogP contribution is 2.46. The van der Waals surface area contributed by atoms with E-state index in [2.05, 4.69) is 10.6 Å². The van der Waals surface area contributed by atoms with Gasteiger partial charge in [-0.05, 0) is 74.1 Å². The van der Waals surface area contributed by atoms with Crippen molar-refractivity contribution in [1.29, 1.82) is 0 Å². The summed E-state index contributed by atoms with van der Waals surface area (Å²) in [4.78, 5) is 54.6. The monoisotopic (exact) mass is 520 g/mol. The number of likely N-dealkylation sites (tertiary alicyclic amines) is 1. The molecule has 2 aromatic carbocycles. The Morgan fingerprint density at radius 2 is 1.95 bits per heavy atom. The Labute approximate surface area is 221 Å². The Morgan fingerprint density at radius 1 is 1.16 bits per heavy atom. The van der Waals surface area contributed by atoms with E-state index in [1.54, 1.807) is 30.2 Å². The molecule has 2 saturated heterocycles. The number of ether oxygens (including phenoxy) is 2. The molecule has 0 radical (unpaired) electrons. The van der Waals surface area contributed by atoms with Crippen molar-refractivity contribution >= 4 is 29.6 Å². The van der Waals surface area contributed by atoms with Crippen molar-refractivity contribution in [3.63, 3.8) is 0 Å². The summed E-state index contributed by atoms with van der Waals surface area (Å²) < 4.78 is 11.0. The van der Waals surface area contributed by atoms with Gasteiger partial charge in [0, 0.05) is 30.8 Å². The summed E-state index contributed by atoms with van der Waals surface area (Å²) in [5.74, 6) is -0.0641. The molecular formula is C28H32N4O6. The molecule has 38 heavy (non-hydrogen) atoms. The van der Waals surface area contributed by atoms with Gasteiger partial charge < -0.3 is 25.0 Å². The zero-order chi connectivity index (χ0) is 27.2. The molecule has 0 saturated carbocycles. The average Bonchev–Trinajstić information content (AvgIpc) is 3.53. The molecule has 3 atom stereocenters. The van der Waals surface area contributed by atoms with E-state index in [9.17, 15) is 19.2 Å². The fourth-order valence-corrected chi connectivity index (χ4v) is 6.00. The number of nitrogens with one attached hydrogen (secondary N) is 2. The van der Waals surface area contributed by atoms with Gasteiger partial charge in [-0.1, -0.05) is 12.1 Å². The highest BCUT2D eigenvalue weighted by Gasteiger charge is 2.58. The zero-order valence-electron chi connectivity index (χ0n) is 22.0. The fourth-order valence-electron chi connectivity index (χ4n) is 6.00. The standard InChI is InChI=1S/C28H32N4O6/c1-16-13-20(37-4)7-8-21(16)23-10-5-17(2)32(23)24(33)15-31-25(34)28(38-27(31)36)12-11-18-14-19(6-9-22(18)28)30-26(35)29-3/h6-9,13-14,17,23H,5,10-12,15H2,1-4H3,(H2,29,30,35)/t17-,23-,28?/m1/s1. The van der Waals surface area contributed by atoms with Crippen molar-refractivity contribution in [2.24, 2.45) is 0 Å². The first-order chi connectivity index (χ1) is 18.2. The van der Waals surface area contributed by atoms with Crippen LogP contribution in [0, 0.1) is 6.92 Å². The molecule has 1 unspecified atom stereocenters. The quantitative estimate of drug-likeness (QED) is 0.622. The smallest absolute Gasteiger partial charge is 0.418 e. The lowest BCUT2D eigenvalue weighted by Crippen LogP contribution is -2.46. The maximum absolute atomic E-state index is 13.6. The number of anilines is 1. The summed E-state index contributed by atoms with van der Waals surface area (Å²) in [7, 11) is 3.14. The van der Waals surface area contributed by atoms with Crippen molar-refractivity contribution in [2.75, 3.05) is 26.0 Å². The minimum Gasteiger partial charge on any atom is -0.497 e. The second kappa shape index (κ2) is 9.66. The number of hydrogen-bond acceptors (Lipinski definition) is 6. The van der Waals surface area contributed by atoms with Gasteiger partial charge in [-0.3, -0.25) is 9.59 Å². The zero-order valence-corrected chi connectivity index (χ0v) is 22.0. The number of methoxy groups -OCH3 is 1. The van der Waals surface area contributed by atoms with Gasteiger partial charge in [0.15, 0.2) is 0 Å². The number of benzene rings is 2. The van der Waals surface area contributed by atoms with Crippen LogP contribution in [0.3, 0.4) is 0 Å². The fraction of sp³-hybridized carbons (Fsp3) is 0.429. The molecule has 0 aromatic heterocycles. The topological polar surface area (TPSA) is 117 Å². The normalized spacial score (nSPS) is 24.0. The molecule has 1 aliphatic carbocycles. The highest BCUT2D eigenvalue weighted by molar-refractivity contribution is 6.06. The maximum atomic E-state index is 13.6. The summed E-state index contributed by atoms with van der Waals surface area (Å²) >= 11 is 0. The summed E-state index contributed by atoms with van der Waals surface area (Å²) in [5.41, 5.74) is 2.59. The molecule has 200 valence electrons. The van der Waals surface area contributed by atoms with Gasteiger partial charge in [-0.2, -0.15) is 0 Å². The van der Waals surface area contributed by atoms with E-state index in [0.29, 0.717) is 17.7 Å². The van der Waals surface area contributed by atoms with Crippen LogP contribution >= 0.6 is 0 Å². The highest BCUT2D eigenvalue weighted by atomic mass is 16.6. The third-order valence-corrected chi connectivity index (χ3v) is 7.93. The third-order valence-electron chi connectivity index (χ3n) is 7.93. The molecule has 2 heterocycles. The lowest BCUT2D eigenvalue weighted by Gasteiger charge is -2.31. The predicted molar refractivity (Wildman–Crippen MR) is 139 cm³/mol. The van der Waals surface area contributed by atoms with Gasteiger partial charge in [0.25, 0.3) is 5.91 Å². The molecule has 10 heteroatoms. The Hall–Kier alpha value is -4.08. The minimum atomic E-state index is -1.44. The van der Waals surface area contributed by atoms with Crippen LogP contribution in [-0.4, -0.2) is 60.5 Å².